The van der Waals surface area contributed by atoms with E-state index >= 15 is 0 Å². The zero-order valence-electron chi connectivity index (χ0n) is 9.12. The predicted octanol–water partition coefficient (Wildman–Crippen LogP) is 2.16. The molecule has 2 rings (SSSR count). The maximum Gasteiger partial charge on any atom is 0.123 e. The molecule has 0 unspecified atom stereocenters. The van der Waals surface area contributed by atoms with E-state index in [9.17, 15) is 0 Å². The summed E-state index contributed by atoms with van der Waals surface area (Å²) in [6, 6.07) is 4.24. The van der Waals surface area contributed by atoms with Gasteiger partial charge >= 0.3 is 0 Å². The molecule has 15 heavy (non-hydrogen) atoms. The van der Waals surface area contributed by atoms with E-state index in [1.165, 1.54) is 16.7 Å². The highest BCUT2D eigenvalue weighted by Gasteiger charge is 2.16. The number of benzene rings is 1. The van der Waals surface area contributed by atoms with Crippen molar-refractivity contribution >= 4 is 6.08 Å². The van der Waals surface area contributed by atoms with Crippen molar-refractivity contribution in [2.24, 2.45) is 5.73 Å². The molecular formula is C13H17NO. The van der Waals surface area contributed by atoms with E-state index in [-0.39, 0.29) is 0 Å². The van der Waals surface area contributed by atoms with Gasteiger partial charge in [-0.25, -0.2) is 0 Å². The molecule has 0 aromatic heterocycles. The van der Waals surface area contributed by atoms with E-state index < -0.39 is 0 Å². The second-order valence-electron chi connectivity index (χ2n) is 3.71. The van der Waals surface area contributed by atoms with E-state index in [2.05, 4.69) is 25.1 Å². The van der Waals surface area contributed by atoms with Crippen LogP contribution >= 0.6 is 0 Å². The van der Waals surface area contributed by atoms with Gasteiger partial charge in [0, 0.05) is 18.5 Å². The summed E-state index contributed by atoms with van der Waals surface area (Å²) in [6.07, 6.45) is 6.21. The van der Waals surface area contributed by atoms with Crippen molar-refractivity contribution < 1.29 is 4.74 Å². The van der Waals surface area contributed by atoms with Crippen LogP contribution in [0.5, 0.6) is 5.75 Å². The van der Waals surface area contributed by atoms with Crippen molar-refractivity contribution in [1.82, 2.24) is 0 Å². The minimum atomic E-state index is 0.591. The van der Waals surface area contributed by atoms with Crippen LogP contribution in [0.15, 0.2) is 18.2 Å². The normalized spacial score (nSPS) is 14.3. The van der Waals surface area contributed by atoms with E-state index in [0.29, 0.717) is 6.54 Å². The molecule has 2 N–H and O–H groups in total. The van der Waals surface area contributed by atoms with E-state index in [0.717, 1.165) is 25.2 Å². The van der Waals surface area contributed by atoms with Gasteiger partial charge in [0.25, 0.3) is 0 Å². The molecule has 1 aromatic rings. The molecule has 80 valence electrons. The first kappa shape index (κ1) is 10.2. The Morgan fingerprint density at radius 2 is 2.33 bits per heavy atom. The second kappa shape index (κ2) is 4.49. The lowest BCUT2D eigenvalue weighted by Crippen LogP contribution is -1.95. The summed E-state index contributed by atoms with van der Waals surface area (Å²) in [5, 5.41) is 0. The highest BCUT2D eigenvalue weighted by atomic mass is 16.5. The Balaban J connectivity index is 2.47. The monoisotopic (exact) mass is 203 g/mol. The average Bonchev–Trinajstić information content (AvgIpc) is 2.73. The third-order valence-corrected chi connectivity index (χ3v) is 2.82. The molecule has 1 aromatic carbocycles. The number of hydrogen-bond acceptors (Lipinski definition) is 2. The van der Waals surface area contributed by atoms with Gasteiger partial charge in [-0.15, -0.1) is 0 Å². The van der Waals surface area contributed by atoms with Crippen LogP contribution in [0.25, 0.3) is 6.08 Å². The summed E-state index contributed by atoms with van der Waals surface area (Å²) < 4.78 is 5.55. The summed E-state index contributed by atoms with van der Waals surface area (Å²) in [5.41, 5.74) is 9.54. The molecule has 0 saturated heterocycles. The Hall–Kier alpha value is -1.28. The number of ether oxygens (including phenoxy) is 1. The molecule has 1 heterocycles. The number of rotatable bonds is 3. The van der Waals surface area contributed by atoms with Crippen LogP contribution in [0.4, 0.5) is 0 Å². The molecule has 1 aliphatic rings. The van der Waals surface area contributed by atoms with E-state index in [4.69, 9.17) is 10.5 Å². The molecule has 0 saturated carbocycles. The van der Waals surface area contributed by atoms with Crippen LogP contribution in [-0.2, 0) is 12.8 Å². The maximum atomic E-state index is 5.55. The molecule has 0 bridgehead atoms. The van der Waals surface area contributed by atoms with Crippen molar-refractivity contribution in [1.29, 1.82) is 0 Å². The fraction of sp³-hybridized carbons (Fsp3) is 0.385. The van der Waals surface area contributed by atoms with Gasteiger partial charge in [0.2, 0.25) is 0 Å². The van der Waals surface area contributed by atoms with Gasteiger partial charge in [-0.3, -0.25) is 0 Å². The first-order valence-electron chi connectivity index (χ1n) is 5.51. The van der Waals surface area contributed by atoms with Crippen LogP contribution in [0.3, 0.4) is 0 Å². The topological polar surface area (TPSA) is 35.2 Å². The Morgan fingerprint density at radius 3 is 3.07 bits per heavy atom. The largest absolute Gasteiger partial charge is 0.493 e. The van der Waals surface area contributed by atoms with Crippen LogP contribution in [0, 0.1) is 0 Å². The summed E-state index contributed by atoms with van der Waals surface area (Å²) in [6.45, 7) is 3.58. The molecule has 0 fully saturated rings. The first-order valence-corrected chi connectivity index (χ1v) is 5.51. The molecule has 0 spiro atoms. The first-order chi connectivity index (χ1) is 7.36. The molecule has 2 nitrogen and oxygen atoms in total. The van der Waals surface area contributed by atoms with Crippen molar-refractivity contribution in [3.8, 4) is 5.75 Å². The fourth-order valence-electron chi connectivity index (χ4n) is 2.05. The Morgan fingerprint density at radius 1 is 1.47 bits per heavy atom. The third kappa shape index (κ3) is 1.90. The maximum absolute atomic E-state index is 5.55. The SMILES string of the molecule is CCc1ccc2c(c1/C=C/CN)CCO2. The highest BCUT2D eigenvalue weighted by molar-refractivity contribution is 5.63. The second-order valence-corrected chi connectivity index (χ2v) is 3.71. The minimum absolute atomic E-state index is 0.591. The summed E-state index contributed by atoms with van der Waals surface area (Å²) in [7, 11) is 0. The number of aryl methyl sites for hydroxylation is 1. The average molecular weight is 203 g/mol. The van der Waals surface area contributed by atoms with Crippen LogP contribution in [0.2, 0.25) is 0 Å². The lowest BCUT2D eigenvalue weighted by Gasteiger charge is -2.08. The Labute approximate surface area is 90.7 Å². The molecule has 2 heteroatoms. The summed E-state index contributed by atoms with van der Waals surface area (Å²) in [5.74, 6) is 1.05. The molecule has 0 atom stereocenters. The van der Waals surface area contributed by atoms with Gasteiger partial charge in [-0.1, -0.05) is 25.1 Å². The van der Waals surface area contributed by atoms with Gasteiger partial charge < -0.3 is 10.5 Å². The number of hydrogen-bond donors (Lipinski definition) is 1. The summed E-state index contributed by atoms with van der Waals surface area (Å²) in [4.78, 5) is 0. The smallest absolute Gasteiger partial charge is 0.123 e. The lowest BCUT2D eigenvalue weighted by atomic mass is 9.97. The predicted molar refractivity (Wildman–Crippen MR) is 63.1 cm³/mol. The standard InChI is InChI=1S/C13H17NO/c1-2-10-5-6-13-12(7-9-15-13)11(10)4-3-8-14/h3-6H,2,7-9,14H2,1H3/b4-3+. The molecular weight excluding hydrogens is 186 g/mol. The van der Waals surface area contributed by atoms with Crippen molar-refractivity contribution in [3.05, 3.63) is 34.9 Å². The van der Waals surface area contributed by atoms with E-state index in [1.54, 1.807) is 0 Å². The van der Waals surface area contributed by atoms with Crippen molar-refractivity contribution in [2.75, 3.05) is 13.2 Å². The molecule has 0 amide bonds. The van der Waals surface area contributed by atoms with Crippen molar-refractivity contribution in [3.63, 3.8) is 0 Å². The van der Waals surface area contributed by atoms with Crippen molar-refractivity contribution in [2.45, 2.75) is 19.8 Å². The fourth-order valence-corrected chi connectivity index (χ4v) is 2.05. The third-order valence-electron chi connectivity index (χ3n) is 2.82. The minimum Gasteiger partial charge on any atom is -0.493 e. The van der Waals surface area contributed by atoms with Gasteiger partial charge in [-0.2, -0.15) is 0 Å². The van der Waals surface area contributed by atoms with Crippen LogP contribution in [-0.4, -0.2) is 13.2 Å². The quantitative estimate of drug-likeness (QED) is 0.817. The highest BCUT2D eigenvalue weighted by Crippen LogP contribution is 2.31. The van der Waals surface area contributed by atoms with Crippen LogP contribution in [0.1, 0.15) is 23.6 Å². The Bertz CT molecular complexity index is 382. The molecule has 0 aliphatic carbocycles. The Kier molecular flexibility index (Phi) is 3.07. The lowest BCUT2D eigenvalue weighted by molar-refractivity contribution is 0.357. The van der Waals surface area contributed by atoms with Gasteiger partial charge in [0.1, 0.15) is 5.75 Å². The molecule has 0 radical (unpaired) electrons. The van der Waals surface area contributed by atoms with Gasteiger partial charge in [0.05, 0.1) is 6.61 Å². The van der Waals surface area contributed by atoms with Gasteiger partial charge in [0.15, 0.2) is 0 Å². The zero-order valence-corrected chi connectivity index (χ0v) is 9.12. The number of nitrogens with two attached hydrogens (primary N) is 1. The van der Waals surface area contributed by atoms with Crippen LogP contribution < -0.4 is 10.5 Å². The molecule has 1 aliphatic heterocycles. The summed E-state index contributed by atoms with van der Waals surface area (Å²) >= 11 is 0. The zero-order chi connectivity index (χ0) is 10.7. The van der Waals surface area contributed by atoms with Gasteiger partial charge in [-0.05, 0) is 23.6 Å². The van der Waals surface area contributed by atoms with E-state index in [1.807, 2.05) is 6.08 Å². The number of fused-ring (bicyclic) bond motifs is 1.